The third-order valence-corrected chi connectivity index (χ3v) is 4.33. The summed E-state index contributed by atoms with van der Waals surface area (Å²) < 4.78 is 17.2. The Morgan fingerprint density at radius 3 is 1.88 bits per heavy atom. The van der Waals surface area contributed by atoms with E-state index in [1.54, 1.807) is 0 Å². The Kier molecular flexibility index (Phi) is 3.18. The lowest BCUT2D eigenvalue weighted by Gasteiger charge is -2.27. The van der Waals surface area contributed by atoms with Gasteiger partial charge in [-0.1, -0.05) is 59.3 Å². The Balaban J connectivity index is 2.17. The van der Waals surface area contributed by atoms with Crippen LogP contribution in [-0.2, 0) is 0 Å². The average Bonchev–Trinajstić information content (AvgIpc) is 2.35. The lowest BCUT2D eigenvalue weighted by atomic mass is 9.78. The zero-order valence-corrected chi connectivity index (χ0v) is 11.4. The molecule has 2 aliphatic rings. The fourth-order valence-electron chi connectivity index (χ4n) is 3.73. The molecule has 0 saturated heterocycles. The van der Waals surface area contributed by atoms with Gasteiger partial charge < -0.3 is 0 Å². The van der Waals surface area contributed by atoms with Gasteiger partial charge in [0.05, 0.1) is 0 Å². The fraction of sp³-hybridized carbons (Fsp3) is 1.00. The smallest absolute Gasteiger partial charge is 0.0275 e. The van der Waals surface area contributed by atoms with Gasteiger partial charge >= 0.3 is 0 Å². The normalized spacial score (nSPS) is 39.3. The standard InChI is InChI=1S/C16H30/c1-16(2,3)12-15-10-13-6-4-5-7-14(11-15)9-8-13/h13-15H,4-12H2,1-3H3/i12D2. The molecule has 0 radical (unpaired) electrons. The molecule has 0 heterocycles. The molecule has 0 amide bonds. The third-order valence-electron chi connectivity index (χ3n) is 4.33. The summed E-state index contributed by atoms with van der Waals surface area (Å²) in [4.78, 5) is 0. The molecule has 2 unspecified atom stereocenters. The predicted octanol–water partition coefficient (Wildman–Crippen LogP) is 5.42. The van der Waals surface area contributed by atoms with Crippen LogP contribution in [0.25, 0.3) is 0 Å². The molecule has 0 aliphatic heterocycles. The van der Waals surface area contributed by atoms with Gasteiger partial charge in [-0.3, -0.25) is 0 Å². The molecule has 2 saturated carbocycles. The molecule has 0 aromatic heterocycles. The van der Waals surface area contributed by atoms with Crippen molar-refractivity contribution in [1.29, 1.82) is 0 Å². The van der Waals surface area contributed by atoms with Gasteiger partial charge in [-0.2, -0.15) is 0 Å². The molecule has 0 aromatic carbocycles. The van der Waals surface area contributed by atoms with E-state index in [9.17, 15) is 0 Å². The Morgan fingerprint density at radius 1 is 0.938 bits per heavy atom. The summed E-state index contributed by atoms with van der Waals surface area (Å²) in [5.74, 6) is 1.89. The molecule has 16 heavy (non-hydrogen) atoms. The molecule has 0 heteroatoms. The first kappa shape index (κ1) is 9.97. The summed E-state index contributed by atoms with van der Waals surface area (Å²) in [5, 5.41) is 0. The molecule has 94 valence electrons. The van der Waals surface area contributed by atoms with Crippen LogP contribution in [0.4, 0.5) is 0 Å². The summed E-state index contributed by atoms with van der Waals surface area (Å²) in [6.07, 6.45) is 9.45. The number of hydrogen-bond acceptors (Lipinski definition) is 0. The van der Waals surface area contributed by atoms with E-state index in [2.05, 4.69) is 20.8 Å². The molecular formula is C16H30. The predicted molar refractivity (Wildman–Crippen MR) is 71.5 cm³/mol. The van der Waals surface area contributed by atoms with Crippen molar-refractivity contribution in [1.82, 2.24) is 0 Å². The van der Waals surface area contributed by atoms with Crippen molar-refractivity contribution in [2.75, 3.05) is 0 Å². The van der Waals surface area contributed by atoms with E-state index in [0.717, 1.165) is 24.7 Å². The van der Waals surface area contributed by atoms with Gasteiger partial charge in [0.25, 0.3) is 0 Å². The van der Waals surface area contributed by atoms with Crippen LogP contribution in [0.1, 0.15) is 81.3 Å². The molecule has 2 fully saturated rings. The molecule has 2 bridgehead atoms. The highest BCUT2D eigenvalue weighted by molar-refractivity contribution is 4.81. The van der Waals surface area contributed by atoms with Gasteiger partial charge in [0.2, 0.25) is 0 Å². The summed E-state index contributed by atoms with van der Waals surface area (Å²) in [7, 11) is 0. The maximum Gasteiger partial charge on any atom is 0.0275 e. The van der Waals surface area contributed by atoms with Crippen molar-refractivity contribution >= 4 is 0 Å². The highest BCUT2D eigenvalue weighted by Gasteiger charge is 2.29. The summed E-state index contributed by atoms with van der Waals surface area (Å²) in [5.41, 5.74) is -0.231. The van der Waals surface area contributed by atoms with Crippen LogP contribution in [0.5, 0.6) is 0 Å². The second kappa shape index (κ2) is 5.10. The lowest BCUT2D eigenvalue weighted by molar-refractivity contribution is 0.240. The quantitative estimate of drug-likeness (QED) is 0.558. The SMILES string of the molecule is [2H]C([2H])(C1CC2CCCCC(CC2)C1)C(C)(C)C. The topological polar surface area (TPSA) is 0 Å². The maximum atomic E-state index is 8.59. The van der Waals surface area contributed by atoms with Crippen LogP contribution >= 0.6 is 0 Å². The Bertz CT molecular complexity index is 261. The van der Waals surface area contributed by atoms with Crippen LogP contribution in [0, 0.1) is 23.2 Å². The highest BCUT2D eigenvalue weighted by atomic mass is 14.3. The minimum absolute atomic E-state index is 0.231. The number of rotatable bonds is 1. The third kappa shape index (κ3) is 3.79. The van der Waals surface area contributed by atoms with Gasteiger partial charge in [0.15, 0.2) is 0 Å². The van der Waals surface area contributed by atoms with Crippen LogP contribution in [0.3, 0.4) is 0 Å². The van der Waals surface area contributed by atoms with Gasteiger partial charge in [-0.25, -0.2) is 0 Å². The van der Waals surface area contributed by atoms with E-state index in [0.29, 0.717) is 0 Å². The van der Waals surface area contributed by atoms with Crippen LogP contribution < -0.4 is 0 Å². The average molecular weight is 224 g/mol. The highest BCUT2D eigenvalue weighted by Crippen LogP contribution is 2.42. The summed E-state index contributed by atoms with van der Waals surface area (Å²) >= 11 is 0. The van der Waals surface area contributed by atoms with Gasteiger partial charge in [-0.15, -0.1) is 0 Å². The number of hydrogen-bond donors (Lipinski definition) is 0. The lowest BCUT2D eigenvalue weighted by Crippen LogP contribution is -2.16. The maximum absolute atomic E-state index is 8.59. The molecule has 0 N–H and O–H groups in total. The minimum atomic E-state index is -1.02. The molecule has 0 nitrogen and oxygen atoms in total. The van der Waals surface area contributed by atoms with E-state index in [1.165, 1.54) is 38.5 Å². The van der Waals surface area contributed by atoms with Crippen molar-refractivity contribution in [2.24, 2.45) is 23.2 Å². The van der Waals surface area contributed by atoms with E-state index in [4.69, 9.17) is 2.74 Å². The molecular weight excluding hydrogens is 192 g/mol. The minimum Gasteiger partial charge on any atom is -0.0602 e. The van der Waals surface area contributed by atoms with E-state index >= 15 is 0 Å². The Labute approximate surface area is 105 Å². The molecule has 0 spiro atoms. The van der Waals surface area contributed by atoms with Gasteiger partial charge in [0, 0.05) is 2.74 Å². The molecule has 0 aromatic rings. The van der Waals surface area contributed by atoms with E-state index in [1.807, 2.05) is 0 Å². The number of fused-ring (bicyclic) bond motifs is 3. The van der Waals surface area contributed by atoms with Crippen LogP contribution in [-0.4, -0.2) is 0 Å². The van der Waals surface area contributed by atoms with Crippen molar-refractivity contribution in [2.45, 2.75) is 78.5 Å². The van der Waals surface area contributed by atoms with Crippen molar-refractivity contribution < 1.29 is 2.74 Å². The molecule has 2 rings (SSSR count). The van der Waals surface area contributed by atoms with Gasteiger partial charge in [0.1, 0.15) is 0 Å². The second-order valence-electron chi connectivity index (χ2n) is 7.16. The van der Waals surface area contributed by atoms with Crippen LogP contribution in [0.2, 0.25) is 0 Å². The first-order valence-corrected chi connectivity index (χ1v) is 7.30. The zero-order valence-electron chi connectivity index (χ0n) is 13.4. The summed E-state index contributed by atoms with van der Waals surface area (Å²) in [6, 6.07) is 0. The Morgan fingerprint density at radius 2 is 1.44 bits per heavy atom. The second-order valence-corrected chi connectivity index (χ2v) is 7.16. The van der Waals surface area contributed by atoms with E-state index in [-0.39, 0.29) is 11.3 Å². The monoisotopic (exact) mass is 224 g/mol. The van der Waals surface area contributed by atoms with Gasteiger partial charge in [-0.05, 0) is 42.4 Å². The van der Waals surface area contributed by atoms with Crippen molar-refractivity contribution in [3.05, 3.63) is 0 Å². The first-order chi connectivity index (χ1) is 8.30. The van der Waals surface area contributed by atoms with Crippen molar-refractivity contribution in [3.8, 4) is 0 Å². The first-order valence-electron chi connectivity index (χ1n) is 8.30. The molecule has 2 atom stereocenters. The van der Waals surface area contributed by atoms with Crippen LogP contribution in [0.15, 0.2) is 0 Å². The zero-order chi connectivity index (χ0) is 13.4. The Hall–Kier alpha value is 0. The summed E-state index contributed by atoms with van der Waals surface area (Å²) in [6.45, 7) is 6.21. The van der Waals surface area contributed by atoms with E-state index < -0.39 is 6.37 Å². The van der Waals surface area contributed by atoms with Crippen molar-refractivity contribution in [3.63, 3.8) is 0 Å². The fourth-order valence-corrected chi connectivity index (χ4v) is 3.73. The largest absolute Gasteiger partial charge is 0.0602 e. The molecule has 2 aliphatic carbocycles.